The van der Waals surface area contributed by atoms with Crippen molar-refractivity contribution in [1.82, 2.24) is 19.5 Å². The molecule has 0 spiro atoms. The predicted molar refractivity (Wildman–Crippen MR) is 149 cm³/mol. The minimum Gasteiger partial charge on any atom is -0.569 e. The van der Waals surface area contributed by atoms with E-state index >= 15 is 0 Å². The van der Waals surface area contributed by atoms with E-state index in [1.165, 1.54) is 19.2 Å². The fraction of sp³-hybridized carbons (Fsp3) is 0.370. The van der Waals surface area contributed by atoms with Crippen molar-refractivity contribution in [3.63, 3.8) is 0 Å². The van der Waals surface area contributed by atoms with Gasteiger partial charge in [0.15, 0.2) is 5.69 Å². The molecule has 0 saturated carbocycles. The van der Waals surface area contributed by atoms with E-state index in [4.69, 9.17) is 4.74 Å². The molecule has 0 aliphatic rings. The average molecular weight is 641 g/mol. The normalized spacial score (nSPS) is 12.5. The summed E-state index contributed by atoms with van der Waals surface area (Å²) in [7, 11) is -3.11. The first-order valence-electron chi connectivity index (χ1n) is 13.0. The van der Waals surface area contributed by atoms with Crippen LogP contribution < -0.4 is 4.72 Å². The van der Waals surface area contributed by atoms with E-state index in [0.717, 1.165) is 33.5 Å². The van der Waals surface area contributed by atoms with Crippen LogP contribution in [0.3, 0.4) is 0 Å². The van der Waals surface area contributed by atoms with E-state index in [1.807, 2.05) is 11.6 Å². The monoisotopic (exact) mass is 640 g/mol. The molecule has 44 heavy (non-hydrogen) atoms. The third kappa shape index (κ3) is 8.92. The first-order valence-corrected chi connectivity index (χ1v) is 14.5. The molecule has 0 aliphatic heterocycles. The number of hydrazine groups is 1. The van der Waals surface area contributed by atoms with Gasteiger partial charge in [0.05, 0.1) is 46.7 Å². The van der Waals surface area contributed by atoms with Gasteiger partial charge < -0.3 is 14.8 Å². The largest absolute Gasteiger partial charge is 0.569 e. The number of hydrogen-bond acceptors (Lipinski definition) is 9. The van der Waals surface area contributed by atoms with Gasteiger partial charge in [0, 0.05) is 5.56 Å². The van der Waals surface area contributed by atoms with Gasteiger partial charge in [-0.2, -0.15) is 18.3 Å². The van der Waals surface area contributed by atoms with Crippen molar-refractivity contribution in [2.24, 2.45) is 10.7 Å². The first-order chi connectivity index (χ1) is 20.4. The van der Waals surface area contributed by atoms with Crippen LogP contribution in [0.5, 0.6) is 0 Å². The highest BCUT2D eigenvalue weighted by molar-refractivity contribution is 7.90. The van der Waals surface area contributed by atoms with Crippen LogP contribution >= 0.6 is 0 Å². The Kier molecular flexibility index (Phi) is 10.2. The van der Waals surface area contributed by atoms with E-state index in [9.17, 15) is 36.4 Å². The molecule has 3 aromatic rings. The van der Waals surface area contributed by atoms with Gasteiger partial charge in [-0.1, -0.05) is 29.8 Å². The van der Waals surface area contributed by atoms with Crippen molar-refractivity contribution in [2.45, 2.75) is 45.2 Å². The maximum Gasteiger partial charge on any atom is 0.435 e. The standard InChI is InChI=1S/C27H31F3N6O7S/c1-18-6-8-19(9-7-18)22-16-23(27(28,29)30)31-35(22)20-10-12-21(13-11-20)44(40,41)32-24(37)14-15-34(5)36(39)33-43-17-42-25(38)26(2,3)4/h6-13,16H,14-15,17H2,1-5H3,(H,32,37). The molecule has 1 heterocycles. The summed E-state index contributed by atoms with van der Waals surface area (Å²) in [5.74, 6) is -1.52. The maximum atomic E-state index is 13.5. The minimum absolute atomic E-state index is 0.0181. The second-order valence-corrected chi connectivity index (χ2v) is 12.3. The van der Waals surface area contributed by atoms with Gasteiger partial charge in [0.25, 0.3) is 16.8 Å². The zero-order valence-electron chi connectivity index (χ0n) is 24.5. The Labute approximate surface area is 251 Å². The number of alkyl halides is 3. The van der Waals surface area contributed by atoms with Gasteiger partial charge in [0.2, 0.25) is 11.2 Å². The zero-order valence-corrected chi connectivity index (χ0v) is 25.3. The van der Waals surface area contributed by atoms with Crippen LogP contribution in [0, 0.1) is 17.5 Å². The molecule has 0 radical (unpaired) electrons. The third-order valence-corrected chi connectivity index (χ3v) is 7.31. The second-order valence-electron chi connectivity index (χ2n) is 10.6. The highest BCUT2D eigenvalue weighted by atomic mass is 32.2. The number of carbonyl (C=O) groups is 2. The SMILES string of the molecule is Cc1ccc(-c2cc(C(F)(F)F)nn2-c2ccc(S(=O)(=O)NC(=O)CCN(C)[N+]([O-])=NOCOC(=O)C(C)(C)C)cc2)cc1. The maximum absolute atomic E-state index is 13.5. The van der Waals surface area contributed by atoms with E-state index < -0.39 is 52.4 Å². The highest BCUT2D eigenvalue weighted by Gasteiger charge is 2.35. The lowest BCUT2D eigenvalue weighted by atomic mass is 9.98. The van der Waals surface area contributed by atoms with Gasteiger partial charge in [0.1, 0.15) is 0 Å². The predicted octanol–water partition coefficient (Wildman–Crippen LogP) is 4.35. The zero-order chi connectivity index (χ0) is 32.9. The Morgan fingerprint density at radius 3 is 2.27 bits per heavy atom. The van der Waals surface area contributed by atoms with Crippen LogP contribution in [0.15, 0.2) is 64.8 Å². The van der Waals surface area contributed by atoms with Crippen molar-refractivity contribution in [2.75, 3.05) is 20.4 Å². The number of aryl methyl sites for hydroxylation is 1. The molecule has 0 bridgehead atoms. The number of nitrogens with one attached hydrogen (secondary N) is 1. The van der Waals surface area contributed by atoms with Gasteiger partial charge in [-0.3, -0.25) is 9.59 Å². The number of halogens is 3. The summed E-state index contributed by atoms with van der Waals surface area (Å²) in [6.07, 6.45) is -5.15. The molecule has 0 aliphatic carbocycles. The fourth-order valence-electron chi connectivity index (χ4n) is 3.45. The van der Waals surface area contributed by atoms with Gasteiger partial charge >= 0.3 is 12.1 Å². The van der Waals surface area contributed by atoms with Crippen molar-refractivity contribution < 1.29 is 45.7 Å². The topological polar surface area (TPSA) is 158 Å². The van der Waals surface area contributed by atoms with Crippen molar-refractivity contribution in [1.29, 1.82) is 0 Å². The lowest BCUT2D eigenvalue weighted by Crippen LogP contribution is -2.35. The van der Waals surface area contributed by atoms with Gasteiger partial charge in [-0.25, -0.2) is 17.8 Å². The smallest absolute Gasteiger partial charge is 0.435 e. The number of benzene rings is 2. The molecule has 0 saturated heterocycles. The fourth-order valence-corrected chi connectivity index (χ4v) is 4.47. The number of amides is 1. The number of ether oxygens (including phenoxy) is 1. The number of aromatic nitrogens is 2. The summed E-state index contributed by atoms with van der Waals surface area (Å²) >= 11 is 0. The minimum atomic E-state index is -4.71. The molecule has 0 atom stereocenters. The lowest BCUT2D eigenvalue weighted by molar-refractivity contribution is -0.706. The Hall–Kier alpha value is -4.67. The molecular weight excluding hydrogens is 609 g/mol. The van der Waals surface area contributed by atoms with E-state index in [-0.39, 0.29) is 27.8 Å². The van der Waals surface area contributed by atoms with E-state index in [2.05, 4.69) is 15.2 Å². The van der Waals surface area contributed by atoms with Crippen molar-refractivity contribution in [3.8, 4) is 16.9 Å². The molecule has 1 N–H and O–H groups in total. The lowest BCUT2D eigenvalue weighted by Gasteiger charge is -2.15. The first kappa shape index (κ1) is 33.8. The molecule has 2 aromatic carbocycles. The van der Waals surface area contributed by atoms with Crippen LogP contribution in [-0.2, 0) is 35.4 Å². The van der Waals surface area contributed by atoms with Crippen LogP contribution in [0.25, 0.3) is 16.9 Å². The summed E-state index contributed by atoms with van der Waals surface area (Å²) in [5.41, 5.74) is -0.240. The van der Waals surface area contributed by atoms with Crippen LogP contribution in [-0.4, -0.2) is 60.4 Å². The van der Waals surface area contributed by atoms with Crippen LogP contribution in [0.1, 0.15) is 38.4 Å². The Morgan fingerprint density at radius 1 is 1.09 bits per heavy atom. The third-order valence-electron chi connectivity index (χ3n) is 5.92. The number of hydrogen-bond donors (Lipinski definition) is 1. The molecule has 238 valence electrons. The second kappa shape index (κ2) is 13.3. The van der Waals surface area contributed by atoms with Crippen molar-refractivity contribution in [3.05, 3.63) is 71.1 Å². The summed E-state index contributed by atoms with van der Waals surface area (Å²) in [5, 5.41) is 19.7. The Balaban J connectivity index is 1.64. The van der Waals surface area contributed by atoms with E-state index in [1.54, 1.807) is 45.0 Å². The summed E-state index contributed by atoms with van der Waals surface area (Å²) < 4.78 is 73.6. The van der Waals surface area contributed by atoms with Crippen LogP contribution in [0.4, 0.5) is 13.2 Å². The quantitative estimate of drug-likeness (QED) is 0.0803. The molecule has 17 heteroatoms. The van der Waals surface area contributed by atoms with E-state index in [0.29, 0.717) is 5.56 Å². The summed E-state index contributed by atoms with van der Waals surface area (Å²) in [6, 6.07) is 12.4. The van der Waals surface area contributed by atoms with Gasteiger partial charge in [-0.15, -0.1) is 5.01 Å². The molecule has 13 nitrogen and oxygen atoms in total. The van der Waals surface area contributed by atoms with Crippen LogP contribution in [0.2, 0.25) is 0 Å². The summed E-state index contributed by atoms with van der Waals surface area (Å²) in [6.45, 7) is 5.83. The highest BCUT2D eigenvalue weighted by Crippen LogP contribution is 2.33. The molecule has 0 unspecified atom stereocenters. The number of esters is 1. The summed E-state index contributed by atoms with van der Waals surface area (Å²) in [4.78, 5) is 28.2. The Bertz CT molecular complexity index is 1620. The average Bonchev–Trinajstić information content (AvgIpc) is 3.40. The molecule has 3 rings (SSSR count). The molecule has 0 fully saturated rings. The molecule has 1 aromatic heterocycles. The number of sulfonamides is 1. The number of nitrogens with zero attached hydrogens (tertiary/aromatic N) is 5. The molecule has 1 amide bonds. The molecular formula is C27H31F3N6O7S. The number of carbonyl (C=O) groups excluding carboxylic acids is 2. The van der Waals surface area contributed by atoms with Crippen molar-refractivity contribution >= 4 is 21.9 Å². The van der Waals surface area contributed by atoms with Gasteiger partial charge in [-0.05, 0) is 58.0 Å². The Morgan fingerprint density at radius 2 is 1.70 bits per heavy atom. The number of rotatable bonds is 11.